The zero-order valence-electron chi connectivity index (χ0n) is 11.7. The molecule has 0 saturated carbocycles. The average Bonchev–Trinajstić information content (AvgIpc) is 2.95. The zero-order valence-corrected chi connectivity index (χ0v) is 12.4. The van der Waals surface area contributed by atoms with Crippen LogP contribution in [0.15, 0.2) is 12.1 Å². The molecule has 0 N–H and O–H groups in total. The van der Waals surface area contributed by atoms with Crippen LogP contribution in [0.2, 0.25) is 5.02 Å². The first-order chi connectivity index (χ1) is 9.74. The molecule has 2 rings (SSSR count). The highest BCUT2D eigenvalue weighted by atomic mass is 35.5. The fraction of sp³-hybridized carbons (Fsp3) is 0.533. The summed E-state index contributed by atoms with van der Waals surface area (Å²) >= 11 is 6.17. The predicted octanol–water partition coefficient (Wildman–Crippen LogP) is 3.08. The molecule has 1 aliphatic rings. The van der Waals surface area contributed by atoms with Crippen molar-refractivity contribution in [1.29, 1.82) is 5.26 Å². The zero-order chi connectivity index (χ0) is 14.4. The fourth-order valence-corrected chi connectivity index (χ4v) is 2.58. The third-order valence-electron chi connectivity index (χ3n) is 3.29. The average molecular weight is 295 g/mol. The molecule has 0 radical (unpaired) electrons. The van der Waals surface area contributed by atoms with Crippen molar-refractivity contribution in [2.45, 2.75) is 19.8 Å². The predicted molar refractivity (Wildman–Crippen MR) is 78.5 cm³/mol. The van der Waals surface area contributed by atoms with E-state index >= 15 is 0 Å². The van der Waals surface area contributed by atoms with Gasteiger partial charge in [0.1, 0.15) is 6.61 Å². The molecule has 0 aliphatic carbocycles. The maximum Gasteiger partial charge on any atom is 0.179 e. The topological polar surface area (TPSA) is 45.5 Å². The lowest BCUT2D eigenvalue weighted by molar-refractivity contribution is 0.226. The van der Waals surface area contributed by atoms with Crippen LogP contribution in [-0.4, -0.2) is 37.7 Å². The van der Waals surface area contributed by atoms with Gasteiger partial charge >= 0.3 is 0 Å². The van der Waals surface area contributed by atoms with Crippen LogP contribution in [0.4, 0.5) is 0 Å². The molecule has 108 valence electrons. The Kier molecular flexibility index (Phi) is 5.51. The van der Waals surface area contributed by atoms with Crippen LogP contribution in [0.3, 0.4) is 0 Å². The van der Waals surface area contributed by atoms with Gasteiger partial charge in [0.05, 0.1) is 23.3 Å². The molecule has 1 aromatic rings. The first-order valence-corrected chi connectivity index (χ1v) is 7.34. The van der Waals surface area contributed by atoms with E-state index < -0.39 is 0 Å². The molecule has 5 heteroatoms. The second-order valence-corrected chi connectivity index (χ2v) is 5.13. The molecule has 1 aliphatic heterocycles. The van der Waals surface area contributed by atoms with Gasteiger partial charge in [0.15, 0.2) is 11.5 Å². The SMILES string of the molecule is CCOc1cc(C#N)cc(Cl)c1OCCN1CCCC1. The highest BCUT2D eigenvalue weighted by Crippen LogP contribution is 2.36. The summed E-state index contributed by atoms with van der Waals surface area (Å²) in [5.41, 5.74) is 0.477. The van der Waals surface area contributed by atoms with Crippen LogP contribution in [0.5, 0.6) is 11.5 Å². The summed E-state index contributed by atoms with van der Waals surface area (Å²) in [6.45, 7) is 6.15. The molecule has 1 aromatic carbocycles. The summed E-state index contributed by atoms with van der Waals surface area (Å²) in [4.78, 5) is 2.37. The first-order valence-electron chi connectivity index (χ1n) is 6.96. The van der Waals surface area contributed by atoms with Gasteiger partial charge < -0.3 is 9.47 Å². The van der Waals surface area contributed by atoms with Crippen LogP contribution in [-0.2, 0) is 0 Å². The van der Waals surface area contributed by atoms with E-state index in [1.807, 2.05) is 6.92 Å². The van der Waals surface area contributed by atoms with E-state index in [9.17, 15) is 0 Å². The number of nitrogens with zero attached hydrogens (tertiary/aromatic N) is 2. The van der Waals surface area contributed by atoms with Crippen LogP contribution < -0.4 is 9.47 Å². The number of benzene rings is 1. The smallest absolute Gasteiger partial charge is 0.179 e. The minimum Gasteiger partial charge on any atom is -0.490 e. The Bertz CT molecular complexity index is 493. The van der Waals surface area contributed by atoms with Crippen molar-refractivity contribution in [2.24, 2.45) is 0 Å². The van der Waals surface area contributed by atoms with Crippen LogP contribution >= 0.6 is 11.6 Å². The largest absolute Gasteiger partial charge is 0.490 e. The number of nitriles is 1. The molecule has 4 nitrogen and oxygen atoms in total. The van der Waals surface area contributed by atoms with Gasteiger partial charge in [-0.3, -0.25) is 4.90 Å². The normalized spacial score (nSPS) is 15.1. The number of ether oxygens (including phenoxy) is 2. The Morgan fingerprint density at radius 2 is 2.05 bits per heavy atom. The Labute approximate surface area is 124 Å². The molecule has 1 fully saturated rings. The molecular weight excluding hydrogens is 276 g/mol. The van der Waals surface area contributed by atoms with Crippen molar-refractivity contribution >= 4 is 11.6 Å². The Balaban J connectivity index is 2.03. The molecule has 1 heterocycles. The molecule has 0 bridgehead atoms. The monoisotopic (exact) mass is 294 g/mol. The third-order valence-corrected chi connectivity index (χ3v) is 3.57. The van der Waals surface area contributed by atoms with Crippen molar-refractivity contribution < 1.29 is 9.47 Å². The summed E-state index contributed by atoms with van der Waals surface area (Å²) in [5.74, 6) is 1.07. The van der Waals surface area contributed by atoms with Gasteiger partial charge in [-0.2, -0.15) is 5.26 Å². The first kappa shape index (κ1) is 15.0. The number of hydrogen-bond donors (Lipinski definition) is 0. The van der Waals surface area contributed by atoms with Crippen LogP contribution in [0.25, 0.3) is 0 Å². The van der Waals surface area contributed by atoms with Gasteiger partial charge in [0.25, 0.3) is 0 Å². The molecular formula is C15H19ClN2O2. The lowest BCUT2D eigenvalue weighted by Crippen LogP contribution is -2.25. The van der Waals surface area contributed by atoms with Gasteiger partial charge in [-0.1, -0.05) is 11.6 Å². The molecule has 0 unspecified atom stereocenters. The molecule has 0 aromatic heterocycles. The van der Waals surface area contributed by atoms with Crippen molar-refractivity contribution in [3.8, 4) is 17.6 Å². The molecule has 0 amide bonds. The Morgan fingerprint density at radius 3 is 2.70 bits per heavy atom. The molecule has 20 heavy (non-hydrogen) atoms. The molecule has 0 spiro atoms. The van der Waals surface area contributed by atoms with E-state index in [2.05, 4.69) is 11.0 Å². The van der Waals surface area contributed by atoms with Gasteiger partial charge in [-0.05, 0) is 38.9 Å². The summed E-state index contributed by atoms with van der Waals surface area (Å²) in [6.07, 6.45) is 2.53. The number of hydrogen-bond acceptors (Lipinski definition) is 4. The third kappa shape index (κ3) is 3.78. The summed E-state index contributed by atoms with van der Waals surface area (Å²) in [7, 11) is 0. The van der Waals surface area contributed by atoms with Gasteiger partial charge in [-0.15, -0.1) is 0 Å². The second-order valence-electron chi connectivity index (χ2n) is 4.73. The van der Waals surface area contributed by atoms with E-state index in [1.165, 1.54) is 12.8 Å². The van der Waals surface area contributed by atoms with Crippen LogP contribution in [0.1, 0.15) is 25.3 Å². The molecule has 1 saturated heterocycles. The van der Waals surface area contributed by atoms with Gasteiger partial charge in [-0.25, -0.2) is 0 Å². The highest BCUT2D eigenvalue weighted by Gasteiger charge is 2.15. The number of likely N-dealkylation sites (tertiary alicyclic amines) is 1. The van der Waals surface area contributed by atoms with Gasteiger partial charge in [0, 0.05) is 12.6 Å². The summed E-state index contributed by atoms with van der Waals surface area (Å²) < 4.78 is 11.3. The van der Waals surface area contributed by atoms with E-state index in [4.69, 9.17) is 26.3 Å². The minimum absolute atomic E-state index is 0.425. The standard InChI is InChI=1S/C15H19ClN2O2/c1-2-19-14-10-12(11-17)9-13(16)15(14)20-8-7-18-5-3-4-6-18/h9-10H,2-8H2,1H3. The van der Waals surface area contributed by atoms with Crippen molar-refractivity contribution in [1.82, 2.24) is 4.90 Å². The number of halogens is 1. The van der Waals surface area contributed by atoms with Gasteiger partial charge in [0.2, 0.25) is 0 Å². The minimum atomic E-state index is 0.425. The Morgan fingerprint density at radius 1 is 1.30 bits per heavy atom. The Hall–Kier alpha value is -1.44. The van der Waals surface area contributed by atoms with E-state index in [0.717, 1.165) is 19.6 Å². The van der Waals surface area contributed by atoms with E-state index in [0.29, 0.717) is 35.3 Å². The van der Waals surface area contributed by atoms with Crippen molar-refractivity contribution in [3.63, 3.8) is 0 Å². The highest BCUT2D eigenvalue weighted by molar-refractivity contribution is 6.32. The summed E-state index contributed by atoms with van der Waals surface area (Å²) in [6, 6.07) is 5.34. The van der Waals surface area contributed by atoms with Crippen LogP contribution in [0, 0.1) is 11.3 Å². The van der Waals surface area contributed by atoms with Crippen molar-refractivity contribution in [3.05, 3.63) is 22.7 Å². The quantitative estimate of drug-likeness (QED) is 0.809. The molecule has 0 atom stereocenters. The van der Waals surface area contributed by atoms with Crippen molar-refractivity contribution in [2.75, 3.05) is 32.8 Å². The second kappa shape index (κ2) is 7.37. The summed E-state index contributed by atoms with van der Waals surface area (Å²) in [5, 5.41) is 9.38. The van der Waals surface area contributed by atoms with E-state index in [1.54, 1.807) is 12.1 Å². The maximum atomic E-state index is 8.95. The number of rotatable bonds is 6. The lowest BCUT2D eigenvalue weighted by atomic mass is 10.2. The van der Waals surface area contributed by atoms with E-state index in [-0.39, 0.29) is 0 Å². The maximum absolute atomic E-state index is 8.95. The fourth-order valence-electron chi connectivity index (χ4n) is 2.32. The lowest BCUT2D eigenvalue weighted by Gasteiger charge is -2.17.